The second-order valence-electron chi connectivity index (χ2n) is 6.08. The number of hydrogen-bond donors (Lipinski definition) is 1. The Bertz CT molecular complexity index is 219. The molecule has 2 heteroatoms. The van der Waals surface area contributed by atoms with Gasteiger partial charge in [-0.15, -0.1) is 0 Å². The molecule has 1 N–H and O–H groups in total. The summed E-state index contributed by atoms with van der Waals surface area (Å²) in [6, 6.07) is 0. The van der Waals surface area contributed by atoms with E-state index in [1.54, 1.807) is 0 Å². The minimum absolute atomic E-state index is 0.0431. The van der Waals surface area contributed by atoms with Gasteiger partial charge in [0, 0.05) is 5.54 Å². The Morgan fingerprint density at radius 2 is 1.56 bits per heavy atom. The maximum Gasteiger partial charge on any atom is 0.0749 e. The molecule has 108 valence electrons. The average Bonchev–Trinajstić information content (AvgIpc) is 2.67. The monoisotopic (exact) mass is 255 g/mol. The Hall–Kier alpha value is -0.0800. The van der Waals surface area contributed by atoms with Crippen LogP contribution in [0.2, 0.25) is 0 Å². The quantitative estimate of drug-likeness (QED) is 0.729. The maximum absolute atomic E-state index is 10.9. The fourth-order valence-electron chi connectivity index (χ4n) is 3.70. The van der Waals surface area contributed by atoms with Crippen molar-refractivity contribution < 1.29 is 5.11 Å². The Kier molecular flexibility index (Phi) is 6.65. The van der Waals surface area contributed by atoms with Gasteiger partial charge in [0.15, 0.2) is 0 Å². The molecule has 0 saturated heterocycles. The van der Waals surface area contributed by atoms with Gasteiger partial charge in [0.2, 0.25) is 0 Å². The summed E-state index contributed by atoms with van der Waals surface area (Å²) in [5.41, 5.74) is -0.0431. The lowest BCUT2D eigenvalue weighted by molar-refractivity contribution is -0.0545. The molecule has 2 nitrogen and oxygen atoms in total. The van der Waals surface area contributed by atoms with E-state index in [1.807, 2.05) is 0 Å². The molecular formula is C16H33NO. The zero-order chi connectivity index (χ0) is 13.6. The molecule has 0 amide bonds. The minimum atomic E-state index is -0.166. The van der Waals surface area contributed by atoms with Gasteiger partial charge in [0.1, 0.15) is 0 Å². The maximum atomic E-state index is 10.9. The second-order valence-corrected chi connectivity index (χ2v) is 6.08. The minimum Gasteiger partial charge on any atom is -0.391 e. The van der Waals surface area contributed by atoms with Gasteiger partial charge in [-0.05, 0) is 45.2 Å². The lowest BCUT2D eigenvalue weighted by Gasteiger charge is -2.46. The molecule has 18 heavy (non-hydrogen) atoms. The SMILES string of the molecule is CCN(CC)C(C)(CC)C(O)C1CCCCCC1. The molecule has 2 unspecified atom stereocenters. The fraction of sp³-hybridized carbons (Fsp3) is 1.00. The Morgan fingerprint density at radius 3 is 1.94 bits per heavy atom. The first-order chi connectivity index (χ1) is 8.60. The van der Waals surface area contributed by atoms with E-state index in [1.165, 1.54) is 38.5 Å². The van der Waals surface area contributed by atoms with Gasteiger partial charge in [0.25, 0.3) is 0 Å². The van der Waals surface area contributed by atoms with E-state index in [2.05, 4.69) is 32.6 Å². The first-order valence-electron chi connectivity index (χ1n) is 8.03. The lowest BCUT2D eigenvalue weighted by Crippen LogP contribution is -2.56. The molecule has 0 aromatic carbocycles. The van der Waals surface area contributed by atoms with Crippen molar-refractivity contribution in [2.45, 2.75) is 84.3 Å². The van der Waals surface area contributed by atoms with Crippen LogP contribution < -0.4 is 0 Å². The number of hydrogen-bond acceptors (Lipinski definition) is 2. The first kappa shape index (κ1) is 16.0. The molecule has 1 rings (SSSR count). The largest absolute Gasteiger partial charge is 0.391 e. The molecule has 0 aromatic rings. The predicted molar refractivity (Wildman–Crippen MR) is 78.8 cm³/mol. The summed E-state index contributed by atoms with van der Waals surface area (Å²) in [6.45, 7) is 11.0. The predicted octanol–water partition coefficient (Wildman–Crippen LogP) is 3.83. The highest BCUT2D eigenvalue weighted by atomic mass is 16.3. The van der Waals surface area contributed by atoms with Crippen molar-refractivity contribution in [3.05, 3.63) is 0 Å². The topological polar surface area (TPSA) is 23.5 Å². The highest BCUT2D eigenvalue weighted by Gasteiger charge is 2.40. The van der Waals surface area contributed by atoms with Crippen LogP contribution in [0.4, 0.5) is 0 Å². The van der Waals surface area contributed by atoms with Gasteiger partial charge < -0.3 is 5.11 Å². The molecule has 1 fully saturated rings. The van der Waals surface area contributed by atoms with Gasteiger partial charge in [-0.2, -0.15) is 0 Å². The van der Waals surface area contributed by atoms with Crippen LogP contribution in [0.15, 0.2) is 0 Å². The molecule has 2 atom stereocenters. The number of rotatable bonds is 6. The Labute approximate surface area is 114 Å². The number of nitrogens with zero attached hydrogens (tertiary/aromatic N) is 1. The molecule has 1 aliphatic carbocycles. The molecule has 1 aliphatic rings. The van der Waals surface area contributed by atoms with Crippen LogP contribution in [0, 0.1) is 5.92 Å². The van der Waals surface area contributed by atoms with E-state index in [9.17, 15) is 5.11 Å². The zero-order valence-electron chi connectivity index (χ0n) is 12.9. The van der Waals surface area contributed by atoms with E-state index in [4.69, 9.17) is 0 Å². The van der Waals surface area contributed by atoms with Gasteiger partial charge in [-0.25, -0.2) is 0 Å². The molecule has 0 radical (unpaired) electrons. The standard InChI is InChI=1S/C16H33NO/c1-5-16(4,17(6-2)7-3)15(18)14-12-10-8-9-11-13-14/h14-15,18H,5-13H2,1-4H3. The molecule has 0 bridgehead atoms. The number of likely N-dealkylation sites (N-methyl/N-ethyl adjacent to an activating group) is 1. The summed E-state index contributed by atoms with van der Waals surface area (Å²) >= 11 is 0. The van der Waals surface area contributed by atoms with Crippen molar-refractivity contribution in [2.75, 3.05) is 13.1 Å². The van der Waals surface area contributed by atoms with Crippen LogP contribution in [-0.4, -0.2) is 34.7 Å². The van der Waals surface area contributed by atoms with Crippen LogP contribution in [0.5, 0.6) is 0 Å². The molecule has 0 spiro atoms. The van der Waals surface area contributed by atoms with Crippen molar-refractivity contribution >= 4 is 0 Å². The first-order valence-corrected chi connectivity index (χ1v) is 8.03. The fourth-order valence-corrected chi connectivity index (χ4v) is 3.70. The zero-order valence-corrected chi connectivity index (χ0v) is 12.9. The highest BCUT2D eigenvalue weighted by molar-refractivity contribution is 4.95. The van der Waals surface area contributed by atoms with Crippen LogP contribution in [0.25, 0.3) is 0 Å². The Balaban J connectivity index is 2.77. The van der Waals surface area contributed by atoms with Crippen molar-refractivity contribution in [1.29, 1.82) is 0 Å². The summed E-state index contributed by atoms with van der Waals surface area (Å²) in [4.78, 5) is 2.45. The van der Waals surface area contributed by atoms with E-state index in [0.29, 0.717) is 5.92 Å². The van der Waals surface area contributed by atoms with E-state index < -0.39 is 0 Å². The van der Waals surface area contributed by atoms with Crippen molar-refractivity contribution in [3.8, 4) is 0 Å². The third-order valence-corrected chi connectivity index (χ3v) is 5.19. The normalized spacial score (nSPS) is 23.7. The molecule has 0 aromatic heterocycles. The highest BCUT2D eigenvalue weighted by Crippen LogP contribution is 2.34. The molecule has 0 aliphatic heterocycles. The molecule has 1 saturated carbocycles. The Morgan fingerprint density at radius 1 is 1.06 bits per heavy atom. The summed E-state index contributed by atoms with van der Waals surface area (Å²) in [6.07, 6.45) is 8.64. The van der Waals surface area contributed by atoms with Crippen LogP contribution in [0.1, 0.15) is 72.6 Å². The van der Waals surface area contributed by atoms with Gasteiger partial charge in [-0.3, -0.25) is 4.90 Å². The second kappa shape index (κ2) is 7.49. The number of aliphatic hydroxyl groups is 1. The van der Waals surface area contributed by atoms with E-state index >= 15 is 0 Å². The van der Waals surface area contributed by atoms with Gasteiger partial charge in [0.05, 0.1) is 6.10 Å². The third-order valence-electron chi connectivity index (χ3n) is 5.19. The van der Waals surface area contributed by atoms with Gasteiger partial charge >= 0.3 is 0 Å². The van der Waals surface area contributed by atoms with E-state index in [-0.39, 0.29) is 11.6 Å². The van der Waals surface area contributed by atoms with Crippen molar-refractivity contribution in [1.82, 2.24) is 4.90 Å². The summed E-state index contributed by atoms with van der Waals surface area (Å²) in [5.74, 6) is 0.512. The van der Waals surface area contributed by atoms with E-state index in [0.717, 1.165) is 19.5 Å². The van der Waals surface area contributed by atoms with Crippen LogP contribution in [0.3, 0.4) is 0 Å². The van der Waals surface area contributed by atoms with Crippen molar-refractivity contribution in [2.24, 2.45) is 5.92 Å². The summed E-state index contributed by atoms with van der Waals surface area (Å²) < 4.78 is 0. The summed E-state index contributed by atoms with van der Waals surface area (Å²) in [5, 5.41) is 10.9. The third kappa shape index (κ3) is 3.48. The summed E-state index contributed by atoms with van der Waals surface area (Å²) in [7, 11) is 0. The van der Waals surface area contributed by atoms with Gasteiger partial charge in [-0.1, -0.05) is 46.5 Å². The van der Waals surface area contributed by atoms with Crippen molar-refractivity contribution in [3.63, 3.8) is 0 Å². The van der Waals surface area contributed by atoms with Crippen LogP contribution >= 0.6 is 0 Å². The number of aliphatic hydroxyl groups excluding tert-OH is 1. The molecular weight excluding hydrogens is 222 g/mol. The average molecular weight is 255 g/mol. The molecule has 0 heterocycles. The lowest BCUT2D eigenvalue weighted by atomic mass is 9.78. The smallest absolute Gasteiger partial charge is 0.0749 e. The van der Waals surface area contributed by atoms with Crippen LogP contribution in [-0.2, 0) is 0 Å².